The lowest BCUT2D eigenvalue weighted by Crippen LogP contribution is -2.03. The molecule has 0 spiro atoms. The van der Waals surface area contributed by atoms with Crippen molar-refractivity contribution in [3.05, 3.63) is 74.3 Å². The summed E-state index contributed by atoms with van der Waals surface area (Å²) in [6.45, 7) is 1.75. The van der Waals surface area contributed by atoms with Gasteiger partial charge in [0.1, 0.15) is 11.9 Å². The predicted molar refractivity (Wildman–Crippen MR) is 75.2 cm³/mol. The summed E-state index contributed by atoms with van der Waals surface area (Å²) in [7, 11) is 0. The van der Waals surface area contributed by atoms with Gasteiger partial charge in [-0.15, -0.1) is 0 Å². The second-order valence-electron chi connectivity index (χ2n) is 4.36. The maximum atomic E-state index is 10.7. The highest BCUT2D eigenvalue weighted by molar-refractivity contribution is 5.38. The summed E-state index contributed by atoms with van der Waals surface area (Å²) in [4.78, 5) is 20.3. The molecule has 7 heteroatoms. The molecule has 0 radical (unpaired) electrons. The van der Waals surface area contributed by atoms with Crippen molar-refractivity contribution < 1.29 is 14.6 Å². The molecule has 21 heavy (non-hydrogen) atoms. The molecule has 0 fully saturated rings. The second-order valence-corrected chi connectivity index (χ2v) is 4.36. The number of nitro groups is 2. The van der Waals surface area contributed by atoms with E-state index >= 15 is 0 Å². The number of hydrogen-bond acceptors (Lipinski definition) is 5. The van der Waals surface area contributed by atoms with Gasteiger partial charge in [0.2, 0.25) is 0 Å². The van der Waals surface area contributed by atoms with Crippen LogP contribution < -0.4 is 4.74 Å². The third kappa shape index (κ3) is 3.53. The number of rotatable bonds is 5. The Bertz CT molecular complexity index is 669. The maximum absolute atomic E-state index is 10.7. The summed E-state index contributed by atoms with van der Waals surface area (Å²) < 4.78 is 5.62. The van der Waals surface area contributed by atoms with Gasteiger partial charge in [0.15, 0.2) is 0 Å². The van der Waals surface area contributed by atoms with E-state index in [1.807, 2.05) is 0 Å². The molecular formula is C14H12N2O5. The number of non-ortho nitro benzene ring substituents is 2. The van der Waals surface area contributed by atoms with Crippen LogP contribution in [-0.2, 0) is 0 Å². The molecule has 2 aromatic carbocycles. The van der Waals surface area contributed by atoms with Gasteiger partial charge in [-0.3, -0.25) is 20.2 Å². The van der Waals surface area contributed by atoms with Crippen molar-refractivity contribution in [3.63, 3.8) is 0 Å². The Morgan fingerprint density at radius 3 is 2.14 bits per heavy atom. The van der Waals surface area contributed by atoms with Gasteiger partial charge in [-0.05, 0) is 24.6 Å². The van der Waals surface area contributed by atoms with Crippen LogP contribution in [0.5, 0.6) is 5.75 Å². The molecule has 0 unspecified atom stereocenters. The molecule has 1 atom stereocenters. The van der Waals surface area contributed by atoms with Crippen molar-refractivity contribution in [2.45, 2.75) is 13.0 Å². The Hall–Kier alpha value is -2.96. The van der Waals surface area contributed by atoms with Gasteiger partial charge in [0.25, 0.3) is 11.4 Å². The molecule has 7 nitrogen and oxygen atoms in total. The van der Waals surface area contributed by atoms with Crippen molar-refractivity contribution >= 4 is 11.4 Å². The zero-order chi connectivity index (χ0) is 15.4. The number of hydrogen-bond donors (Lipinski definition) is 0. The highest BCUT2D eigenvalue weighted by Crippen LogP contribution is 2.25. The van der Waals surface area contributed by atoms with E-state index < -0.39 is 16.0 Å². The third-order valence-corrected chi connectivity index (χ3v) is 2.91. The van der Waals surface area contributed by atoms with Gasteiger partial charge in [-0.1, -0.05) is 12.1 Å². The predicted octanol–water partition coefficient (Wildman–Crippen LogP) is 3.64. The first-order valence-corrected chi connectivity index (χ1v) is 6.13. The van der Waals surface area contributed by atoms with E-state index in [4.69, 9.17) is 4.74 Å². The molecule has 0 aliphatic rings. The van der Waals surface area contributed by atoms with Gasteiger partial charge >= 0.3 is 0 Å². The number of ether oxygens (including phenoxy) is 1. The normalized spacial score (nSPS) is 11.7. The summed E-state index contributed by atoms with van der Waals surface area (Å²) in [6, 6.07) is 11.8. The third-order valence-electron chi connectivity index (χ3n) is 2.91. The Labute approximate surface area is 120 Å². The van der Waals surface area contributed by atoms with Crippen LogP contribution in [0, 0.1) is 20.2 Å². The van der Waals surface area contributed by atoms with Crippen molar-refractivity contribution in [1.82, 2.24) is 0 Å². The maximum Gasteiger partial charge on any atom is 0.269 e. The minimum absolute atomic E-state index is 0.00773. The average molecular weight is 288 g/mol. The van der Waals surface area contributed by atoms with E-state index in [2.05, 4.69) is 0 Å². The molecule has 0 aliphatic heterocycles. The summed E-state index contributed by atoms with van der Waals surface area (Å²) in [5, 5.41) is 21.3. The number of benzene rings is 2. The topological polar surface area (TPSA) is 95.5 Å². The van der Waals surface area contributed by atoms with E-state index in [9.17, 15) is 20.2 Å². The van der Waals surface area contributed by atoms with Crippen LogP contribution in [0.1, 0.15) is 18.6 Å². The van der Waals surface area contributed by atoms with Crippen LogP contribution in [0.3, 0.4) is 0 Å². The highest BCUT2D eigenvalue weighted by Gasteiger charge is 2.13. The molecule has 0 heterocycles. The average Bonchev–Trinajstić information content (AvgIpc) is 2.48. The van der Waals surface area contributed by atoms with Gasteiger partial charge in [-0.25, -0.2) is 0 Å². The first kappa shape index (κ1) is 14.4. The molecule has 0 saturated heterocycles. The molecular weight excluding hydrogens is 276 g/mol. The van der Waals surface area contributed by atoms with Crippen LogP contribution >= 0.6 is 0 Å². The van der Waals surface area contributed by atoms with E-state index in [-0.39, 0.29) is 11.4 Å². The Morgan fingerprint density at radius 2 is 1.57 bits per heavy atom. The molecule has 2 aromatic rings. The standard InChI is InChI=1S/C14H12N2O5/c1-10(11-3-2-4-13(9-11)16(19)20)21-14-7-5-12(6-8-14)15(17)18/h2-10H,1H3/t10-/m1/s1. The van der Waals surface area contributed by atoms with E-state index in [0.29, 0.717) is 11.3 Å². The SMILES string of the molecule is C[C@@H](Oc1ccc([N+](=O)[O-])cc1)c1cccc([N+](=O)[O-])c1. The van der Waals surface area contributed by atoms with Crippen molar-refractivity contribution in [1.29, 1.82) is 0 Å². The molecule has 108 valence electrons. The van der Waals surface area contributed by atoms with Crippen LogP contribution in [0.2, 0.25) is 0 Å². The lowest BCUT2D eigenvalue weighted by atomic mass is 10.1. The zero-order valence-corrected chi connectivity index (χ0v) is 11.1. The smallest absolute Gasteiger partial charge is 0.269 e. The van der Waals surface area contributed by atoms with Crippen LogP contribution in [0.25, 0.3) is 0 Å². The zero-order valence-electron chi connectivity index (χ0n) is 11.1. The Morgan fingerprint density at radius 1 is 0.952 bits per heavy atom. The molecule has 0 bridgehead atoms. The van der Waals surface area contributed by atoms with Gasteiger partial charge in [-0.2, -0.15) is 0 Å². The summed E-state index contributed by atoms with van der Waals surface area (Å²) in [6.07, 6.45) is -0.411. The molecule has 0 saturated carbocycles. The highest BCUT2D eigenvalue weighted by atomic mass is 16.6. The summed E-state index contributed by atoms with van der Waals surface area (Å²) in [5.41, 5.74) is 0.625. The van der Waals surface area contributed by atoms with Crippen molar-refractivity contribution in [3.8, 4) is 5.75 Å². The fourth-order valence-corrected chi connectivity index (χ4v) is 1.81. The molecule has 2 rings (SSSR count). The van der Waals surface area contributed by atoms with Crippen LogP contribution in [-0.4, -0.2) is 9.85 Å². The monoisotopic (exact) mass is 288 g/mol. The second kappa shape index (κ2) is 6.00. The van der Waals surface area contributed by atoms with E-state index in [1.54, 1.807) is 19.1 Å². The Kier molecular flexibility index (Phi) is 4.13. The fourth-order valence-electron chi connectivity index (χ4n) is 1.81. The van der Waals surface area contributed by atoms with E-state index in [0.717, 1.165) is 0 Å². The van der Waals surface area contributed by atoms with Crippen LogP contribution in [0.15, 0.2) is 48.5 Å². The molecule has 0 N–H and O–H groups in total. The van der Waals surface area contributed by atoms with Gasteiger partial charge in [0.05, 0.1) is 9.85 Å². The largest absolute Gasteiger partial charge is 0.486 e. The molecule has 0 aromatic heterocycles. The summed E-state index contributed by atoms with van der Waals surface area (Å²) in [5.74, 6) is 0.458. The Balaban J connectivity index is 2.13. The first-order chi connectivity index (χ1) is 9.97. The minimum Gasteiger partial charge on any atom is -0.486 e. The molecule has 0 aliphatic carbocycles. The lowest BCUT2D eigenvalue weighted by molar-refractivity contribution is -0.385. The van der Waals surface area contributed by atoms with Crippen molar-refractivity contribution in [2.75, 3.05) is 0 Å². The lowest BCUT2D eigenvalue weighted by Gasteiger charge is -2.14. The fraction of sp³-hybridized carbons (Fsp3) is 0.143. The van der Waals surface area contributed by atoms with Gasteiger partial charge in [0, 0.05) is 24.3 Å². The van der Waals surface area contributed by atoms with Gasteiger partial charge < -0.3 is 4.74 Å². The summed E-state index contributed by atoms with van der Waals surface area (Å²) >= 11 is 0. The van der Waals surface area contributed by atoms with Crippen LogP contribution in [0.4, 0.5) is 11.4 Å². The van der Waals surface area contributed by atoms with Crippen molar-refractivity contribution in [2.24, 2.45) is 0 Å². The number of nitro benzene ring substituents is 2. The quantitative estimate of drug-likeness (QED) is 0.618. The van der Waals surface area contributed by atoms with E-state index in [1.165, 1.54) is 36.4 Å². The number of nitrogens with zero attached hydrogens (tertiary/aromatic N) is 2. The molecule has 0 amide bonds. The minimum atomic E-state index is -0.492. The first-order valence-electron chi connectivity index (χ1n) is 6.13.